The smallest absolute Gasteiger partial charge is 0.224 e. The maximum atomic E-state index is 11.4. The summed E-state index contributed by atoms with van der Waals surface area (Å²) in [6, 6.07) is 7.54. The number of benzene rings is 1. The highest BCUT2D eigenvalue weighted by molar-refractivity contribution is 5.78. The Morgan fingerprint density at radius 1 is 1.33 bits per heavy atom. The molecule has 1 amide bonds. The second-order valence-electron chi connectivity index (χ2n) is 4.10. The summed E-state index contributed by atoms with van der Waals surface area (Å²) in [5, 5.41) is 11.2. The molecule has 4 nitrogen and oxygen atoms in total. The van der Waals surface area contributed by atoms with Gasteiger partial charge in [0.25, 0.3) is 0 Å². The van der Waals surface area contributed by atoms with Crippen molar-refractivity contribution in [2.45, 2.75) is 26.2 Å². The number of carbonyl (C=O) groups excluding carboxylic acids is 1. The number of aliphatic hydroxyl groups is 1. The molecule has 18 heavy (non-hydrogen) atoms. The monoisotopic (exact) mass is 251 g/mol. The van der Waals surface area contributed by atoms with Crippen LogP contribution < -0.4 is 10.1 Å². The lowest BCUT2D eigenvalue weighted by atomic mass is 10.1. The number of unbranched alkanes of at least 4 members (excludes halogenated alkanes) is 1. The molecule has 0 saturated heterocycles. The first-order valence-electron chi connectivity index (χ1n) is 6.35. The van der Waals surface area contributed by atoms with E-state index in [2.05, 4.69) is 12.2 Å². The molecule has 0 saturated carbocycles. The number of hydrogen-bond donors (Lipinski definition) is 2. The summed E-state index contributed by atoms with van der Waals surface area (Å²) in [6.45, 7) is 3.12. The van der Waals surface area contributed by atoms with Gasteiger partial charge in [-0.25, -0.2) is 0 Å². The van der Waals surface area contributed by atoms with Gasteiger partial charge in [-0.2, -0.15) is 0 Å². The number of carbonyl (C=O) groups is 1. The highest BCUT2D eigenvalue weighted by Gasteiger charge is 2.02. The van der Waals surface area contributed by atoms with Gasteiger partial charge in [-0.3, -0.25) is 4.79 Å². The fraction of sp³-hybridized carbons (Fsp3) is 0.500. The summed E-state index contributed by atoms with van der Waals surface area (Å²) in [6.07, 6.45) is 2.49. The van der Waals surface area contributed by atoms with E-state index >= 15 is 0 Å². The Labute approximate surface area is 108 Å². The summed E-state index contributed by atoms with van der Waals surface area (Å²) in [5.41, 5.74) is 0.938. The van der Waals surface area contributed by atoms with E-state index in [9.17, 15) is 4.79 Å². The maximum absolute atomic E-state index is 11.4. The number of ether oxygens (including phenoxy) is 1. The molecule has 0 aliphatic rings. The minimum atomic E-state index is -0.0799. The zero-order chi connectivity index (χ0) is 13.2. The van der Waals surface area contributed by atoms with Gasteiger partial charge >= 0.3 is 0 Å². The highest BCUT2D eigenvalue weighted by atomic mass is 16.5. The molecular formula is C14H21NO3. The third-order valence-corrected chi connectivity index (χ3v) is 2.49. The Balaban J connectivity index is 2.37. The van der Waals surface area contributed by atoms with Gasteiger partial charge in [-0.15, -0.1) is 0 Å². The normalized spacial score (nSPS) is 10.1. The van der Waals surface area contributed by atoms with Gasteiger partial charge in [-0.05, 0) is 24.1 Å². The molecule has 1 aromatic carbocycles. The molecule has 2 N–H and O–H groups in total. The van der Waals surface area contributed by atoms with Gasteiger partial charge in [0.1, 0.15) is 5.75 Å². The van der Waals surface area contributed by atoms with Crippen molar-refractivity contribution in [3.8, 4) is 5.75 Å². The lowest BCUT2D eigenvalue weighted by molar-refractivity contribution is -0.120. The molecule has 0 bridgehead atoms. The molecule has 0 aliphatic carbocycles. The lowest BCUT2D eigenvalue weighted by Gasteiger charge is -2.07. The first-order valence-corrected chi connectivity index (χ1v) is 6.35. The summed E-state index contributed by atoms with van der Waals surface area (Å²) < 4.78 is 5.54. The van der Waals surface area contributed by atoms with Gasteiger partial charge in [0.15, 0.2) is 0 Å². The molecule has 0 spiro atoms. The summed E-state index contributed by atoms with van der Waals surface area (Å²) in [4.78, 5) is 11.4. The number of amides is 1. The molecule has 0 heterocycles. The molecule has 100 valence electrons. The highest BCUT2D eigenvalue weighted by Crippen LogP contribution is 2.13. The first-order chi connectivity index (χ1) is 8.76. The van der Waals surface area contributed by atoms with Crippen LogP contribution in [0.4, 0.5) is 0 Å². The van der Waals surface area contributed by atoms with Crippen molar-refractivity contribution in [2.24, 2.45) is 0 Å². The van der Waals surface area contributed by atoms with Crippen molar-refractivity contribution in [3.05, 3.63) is 29.8 Å². The topological polar surface area (TPSA) is 58.6 Å². The quantitative estimate of drug-likeness (QED) is 0.689. The molecule has 0 aromatic heterocycles. The number of aliphatic hydroxyl groups excluding tert-OH is 1. The van der Waals surface area contributed by atoms with Crippen LogP contribution in [0.15, 0.2) is 24.3 Å². The second-order valence-corrected chi connectivity index (χ2v) is 4.10. The molecule has 0 unspecified atom stereocenters. The second kappa shape index (κ2) is 8.53. The Bertz CT molecular complexity index is 349. The predicted octanol–water partition coefficient (Wildman–Crippen LogP) is 1.52. The molecular weight excluding hydrogens is 230 g/mol. The van der Waals surface area contributed by atoms with Crippen molar-refractivity contribution in [3.63, 3.8) is 0 Å². The van der Waals surface area contributed by atoms with Gasteiger partial charge < -0.3 is 15.2 Å². The third kappa shape index (κ3) is 5.68. The van der Waals surface area contributed by atoms with E-state index in [0.29, 0.717) is 13.0 Å². The van der Waals surface area contributed by atoms with Crippen LogP contribution in [0.1, 0.15) is 25.3 Å². The number of rotatable bonds is 8. The standard InChI is InChI=1S/C14H21NO3/c1-2-3-10-18-13-6-4-12(5-7-13)11-14(17)15-8-9-16/h4-7,16H,2-3,8-11H2,1H3,(H,15,17). The molecule has 0 aliphatic heterocycles. The van der Waals surface area contributed by atoms with Crippen LogP contribution in [0.2, 0.25) is 0 Å². The molecule has 0 radical (unpaired) electrons. The zero-order valence-electron chi connectivity index (χ0n) is 10.8. The van der Waals surface area contributed by atoms with E-state index < -0.39 is 0 Å². The lowest BCUT2D eigenvalue weighted by Crippen LogP contribution is -2.27. The van der Waals surface area contributed by atoms with Crippen molar-refractivity contribution < 1.29 is 14.6 Å². The Morgan fingerprint density at radius 2 is 2.06 bits per heavy atom. The summed E-state index contributed by atoms with van der Waals surface area (Å²) >= 11 is 0. The number of nitrogens with one attached hydrogen (secondary N) is 1. The van der Waals surface area contributed by atoms with E-state index in [1.165, 1.54) is 0 Å². The number of hydrogen-bond acceptors (Lipinski definition) is 3. The summed E-state index contributed by atoms with van der Waals surface area (Å²) in [5.74, 6) is 0.756. The molecule has 4 heteroatoms. The van der Waals surface area contributed by atoms with Crippen molar-refractivity contribution in [1.82, 2.24) is 5.32 Å². The minimum absolute atomic E-state index is 0.0318. The molecule has 0 atom stereocenters. The van der Waals surface area contributed by atoms with E-state index in [1.807, 2.05) is 24.3 Å². The van der Waals surface area contributed by atoms with Gasteiger partial charge in [0.05, 0.1) is 19.6 Å². The average molecular weight is 251 g/mol. The fourth-order valence-corrected chi connectivity index (χ4v) is 1.48. The maximum Gasteiger partial charge on any atom is 0.224 e. The predicted molar refractivity (Wildman–Crippen MR) is 70.6 cm³/mol. The van der Waals surface area contributed by atoms with E-state index in [1.54, 1.807) is 0 Å². The minimum Gasteiger partial charge on any atom is -0.494 e. The van der Waals surface area contributed by atoms with Crippen LogP contribution in [-0.2, 0) is 11.2 Å². The van der Waals surface area contributed by atoms with Crippen LogP contribution in [0.25, 0.3) is 0 Å². The Kier molecular flexibility index (Phi) is 6.87. The van der Waals surface area contributed by atoms with Gasteiger partial charge in [0.2, 0.25) is 5.91 Å². The fourth-order valence-electron chi connectivity index (χ4n) is 1.48. The van der Waals surface area contributed by atoms with Gasteiger partial charge in [-0.1, -0.05) is 25.5 Å². The largest absolute Gasteiger partial charge is 0.494 e. The van der Waals surface area contributed by atoms with Crippen LogP contribution >= 0.6 is 0 Å². The molecule has 1 aromatic rings. The van der Waals surface area contributed by atoms with Crippen LogP contribution in [0, 0.1) is 0 Å². The first kappa shape index (κ1) is 14.5. The Morgan fingerprint density at radius 3 is 2.67 bits per heavy atom. The molecule has 0 fully saturated rings. The van der Waals surface area contributed by atoms with Gasteiger partial charge in [0, 0.05) is 6.54 Å². The zero-order valence-corrected chi connectivity index (χ0v) is 10.8. The van der Waals surface area contributed by atoms with Crippen LogP contribution in [-0.4, -0.2) is 30.8 Å². The van der Waals surface area contributed by atoms with E-state index in [0.717, 1.165) is 30.8 Å². The van der Waals surface area contributed by atoms with E-state index in [-0.39, 0.29) is 12.5 Å². The van der Waals surface area contributed by atoms with Crippen molar-refractivity contribution >= 4 is 5.91 Å². The third-order valence-electron chi connectivity index (χ3n) is 2.49. The van der Waals surface area contributed by atoms with Crippen molar-refractivity contribution in [2.75, 3.05) is 19.8 Å². The van der Waals surface area contributed by atoms with Crippen LogP contribution in [0.5, 0.6) is 5.75 Å². The SMILES string of the molecule is CCCCOc1ccc(CC(=O)NCCO)cc1. The van der Waals surface area contributed by atoms with E-state index in [4.69, 9.17) is 9.84 Å². The molecule has 1 rings (SSSR count). The summed E-state index contributed by atoms with van der Waals surface area (Å²) in [7, 11) is 0. The van der Waals surface area contributed by atoms with Crippen LogP contribution in [0.3, 0.4) is 0 Å². The van der Waals surface area contributed by atoms with Crippen molar-refractivity contribution in [1.29, 1.82) is 0 Å². The Hall–Kier alpha value is -1.55. The average Bonchev–Trinajstić information content (AvgIpc) is 2.39.